The van der Waals surface area contributed by atoms with Crippen LogP contribution < -0.4 is 5.46 Å². The van der Waals surface area contributed by atoms with E-state index in [0.717, 1.165) is 12.4 Å². The van der Waals surface area contributed by atoms with E-state index in [1.165, 1.54) is 0 Å². The lowest BCUT2D eigenvalue weighted by atomic mass is 9.83. The summed E-state index contributed by atoms with van der Waals surface area (Å²) in [5.74, 6) is 0.296. The number of nitrogens with zero attached hydrogens (tertiary/aromatic N) is 2. The van der Waals surface area contributed by atoms with Crippen LogP contribution in [0.3, 0.4) is 0 Å². The van der Waals surface area contributed by atoms with Gasteiger partial charge in [0.1, 0.15) is 0 Å². The van der Waals surface area contributed by atoms with Crippen molar-refractivity contribution in [1.29, 1.82) is 0 Å². The molecule has 1 aromatic heterocycles. The summed E-state index contributed by atoms with van der Waals surface area (Å²) in [6, 6.07) is 8.86. The van der Waals surface area contributed by atoms with Crippen molar-refractivity contribution in [3.63, 3.8) is 0 Å². The van der Waals surface area contributed by atoms with Crippen LogP contribution in [0.2, 0.25) is 0 Å². The Hall–Kier alpha value is -1.85. The summed E-state index contributed by atoms with van der Waals surface area (Å²) < 4.78 is 36.9. The molecular formula is C10H7BF3N2-. The zero-order valence-corrected chi connectivity index (χ0v) is 8.15. The van der Waals surface area contributed by atoms with Crippen LogP contribution >= 0.6 is 0 Å². The summed E-state index contributed by atoms with van der Waals surface area (Å²) in [6.45, 7) is -5.02. The lowest BCUT2D eigenvalue weighted by molar-refractivity contribution is 0.500. The van der Waals surface area contributed by atoms with E-state index >= 15 is 0 Å². The molecule has 0 N–H and O–H groups in total. The SMILES string of the molecule is F[B-](F)(F)c1cnc(-c2ccccc2)nc1. The summed E-state index contributed by atoms with van der Waals surface area (Å²) in [5.41, 5.74) is -0.0802. The first-order valence-corrected chi connectivity index (χ1v) is 4.64. The van der Waals surface area contributed by atoms with E-state index in [4.69, 9.17) is 0 Å². The molecule has 0 amide bonds. The van der Waals surface area contributed by atoms with E-state index in [-0.39, 0.29) is 0 Å². The third-order valence-electron chi connectivity index (χ3n) is 2.08. The maximum Gasteiger partial charge on any atom is 0.512 e. The highest BCUT2D eigenvalue weighted by Crippen LogP contribution is 2.13. The van der Waals surface area contributed by atoms with Crippen LogP contribution in [0.15, 0.2) is 42.7 Å². The van der Waals surface area contributed by atoms with Gasteiger partial charge < -0.3 is 12.9 Å². The highest BCUT2D eigenvalue weighted by Gasteiger charge is 2.26. The maximum absolute atomic E-state index is 12.3. The second kappa shape index (κ2) is 3.96. The molecule has 1 heterocycles. The Morgan fingerprint density at radius 2 is 1.44 bits per heavy atom. The Kier molecular flexibility index (Phi) is 2.64. The van der Waals surface area contributed by atoms with Crippen molar-refractivity contribution in [2.45, 2.75) is 0 Å². The van der Waals surface area contributed by atoms with Crippen molar-refractivity contribution >= 4 is 12.4 Å². The third kappa shape index (κ3) is 2.21. The van der Waals surface area contributed by atoms with Gasteiger partial charge in [-0.15, -0.1) is 0 Å². The fourth-order valence-corrected chi connectivity index (χ4v) is 1.24. The fraction of sp³-hybridized carbons (Fsp3) is 0. The summed E-state index contributed by atoms with van der Waals surface area (Å²) >= 11 is 0. The number of aromatic nitrogens is 2. The molecule has 0 fully saturated rings. The molecule has 0 saturated carbocycles. The summed E-state index contributed by atoms with van der Waals surface area (Å²) in [6.07, 6.45) is 1.63. The minimum absolute atomic E-state index is 0.296. The molecule has 2 nitrogen and oxygen atoms in total. The molecule has 0 aliphatic rings. The molecule has 0 aliphatic heterocycles. The quantitative estimate of drug-likeness (QED) is 0.729. The van der Waals surface area contributed by atoms with Gasteiger partial charge in [0.15, 0.2) is 5.82 Å². The van der Waals surface area contributed by atoms with Crippen molar-refractivity contribution in [3.05, 3.63) is 42.7 Å². The van der Waals surface area contributed by atoms with Gasteiger partial charge in [-0.05, 0) is 0 Å². The monoisotopic (exact) mass is 223 g/mol. The largest absolute Gasteiger partial charge is 0.512 e. The van der Waals surface area contributed by atoms with Crippen LogP contribution in [0.5, 0.6) is 0 Å². The van der Waals surface area contributed by atoms with Crippen molar-refractivity contribution in [2.24, 2.45) is 0 Å². The van der Waals surface area contributed by atoms with Crippen LogP contribution in [-0.2, 0) is 0 Å². The smallest absolute Gasteiger partial charge is 0.445 e. The Morgan fingerprint density at radius 3 is 1.94 bits per heavy atom. The van der Waals surface area contributed by atoms with Gasteiger partial charge in [-0.2, -0.15) is 0 Å². The normalized spacial score (nSPS) is 11.4. The highest BCUT2D eigenvalue weighted by molar-refractivity contribution is 6.73. The minimum Gasteiger partial charge on any atom is -0.445 e. The van der Waals surface area contributed by atoms with Crippen LogP contribution in [0.1, 0.15) is 0 Å². The molecule has 0 unspecified atom stereocenters. The highest BCUT2D eigenvalue weighted by atomic mass is 19.4. The molecule has 6 heteroatoms. The lowest BCUT2D eigenvalue weighted by Crippen LogP contribution is -2.34. The zero-order valence-electron chi connectivity index (χ0n) is 8.15. The summed E-state index contributed by atoms with van der Waals surface area (Å²) in [4.78, 5) is 7.40. The lowest BCUT2D eigenvalue weighted by Gasteiger charge is -2.13. The molecule has 1 aromatic carbocycles. The van der Waals surface area contributed by atoms with Crippen LogP contribution in [0, 0.1) is 0 Å². The molecule has 0 saturated heterocycles. The van der Waals surface area contributed by atoms with Gasteiger partial charge in [0.05, 0.1) is 0 Å². The van der Waals surface area contributed by atoms with Crippen molar-refractivity contribution < 1.29 is 12.9 Å². The van der Waals surface area contributed by atoms with E-state index < -0.39 is 12.4 Å². The van der Waals surface area contributed by atoms with Gasteiger partial charge in [0.25, 0.3) is 0 Å². The van der Waals surface area contributed by atoms with E-state index in [0.29, 0.717) is 11.4 Å². The molecule has 2 aromatic rings. The Bertz CT molecular complexity index is 468. The maximum atomic E-state index is 12.3. The predicted molar refractivity (Wildman–Crippen MR) is 56.2 cm³/mol. The standard InChI is InChI=1S/C10H7BF3N2/c12-11(13,14)9-6-15-10(16-7-9)8-4-2-1-3-5-8/h1-7H/q-1. The second-order valence-electron chi connectivity index (χ2n) is 3.28. The topological polar surface area (TPSA) is 25.8 Å². The van der Waals surface area contributed by atoms with Gasteiger partial charge in [0, 0.05) is 18.0 Å². The number of rotatable bonds is 2. The van der Waals surface area contributed by atoms with E-state index in [1.54, 1.807) is 24.3 Å². The molecule has 82 valence electrons. The number of benzene rings is 1. The van der Waals surface area contributed by atoms with E-state index in [9.17, 15) is 12.9 Å². The average Bonchev–Trinajstić information content (AvgIpc) is 2.29. The first-order valence-electron chi connectivity index (χ1n) is 4.64. The van der Waals surface area contributed by atoms with E-state index in [1.807, 2.05) is 6.07 Å². The van der Waals surface area contributed by atoms with Crippen molar-refractivity contribution in [2.75, 3.05) is 0 Å². The molecule has 16 heavy (non-hydrogen) atoms. The van der Waals surface area contributed by atoms with Crippen LogP contribution in [0.4, 0.5) is 12.9 Å². The van der Waals surface area contributed by atoms with Crippen LogP contribution in [-0.4, -0.2) is 16.9 Å². The molecule has 2 rings (SSSR count). The first-order chi connectivity index (χ1) is 7.57. The molecule has 0 bridgehead atoms. The van der Waals surface area contributed by atoms with Gasteiger partial charge in [0.2, 0.25) is 0 Å². The van der Waals surface area contributed by atoms with Crippen LogP contribution in [0.25, 0.3) is 11.4 Å². The first kappa shape index (κ1) is 10.7. The summed E-state index contributed by atoms with van der Waals surface area (Å²) in [5, 5.41) is 0. The van der Waals surface area contributed by atoms with Gasteiger partial charge in [-0.25, -0.2) is 9.97 Å². The number of hydrogen-bond acceptors (Lipinski definition) is 2. The van der Waals surface area contributed by atoms with Gasteiger partial charge in [-0.3, -0.25) is 0 Å². The Labute approximate surface area is 90.2 Å². The molecule has 0 aliphatic carbocycles. The summed E-state index contributed by atoms with van der Waals surface area (Å²) in [7, 11) is 0. The predicted octanol–water partition coefficient (Wildman–Crippen LogP) is 2.20. The Balaban J connectivity index is 2.34. The average molecular weight is 223 g/mol. The molecule has 0 radical (unpaired) electrons. The third-order valence-corrected chi connectivity index (χ3v) is 2.08. The Morgan fingerprint density at radius 1 is 0.875 bits per heavy atom. The van der Waals surface area contributed by atoms with Gasteiger partial charge in [-0.1, -0.05) is 35.8 Å². The van der Waals surface area contributed by atoms with E-state index in [2.05, 4.69) is 9.97 Å². The van der Waals surface area contributed by atoms with Crippen molar-refractivity contribution in [1.82, 2.24) is 9.97 Å². The molecule has 0 atom stereocenters. The zero-order chi connectivity index (χ0) is 11.6. The second-order valence-corrected chi connectivity index (χ2v) is 3.28. The molecule has 0 spiro atoms. The van der Waals surface area contributed by atoms with Gasteiger partial charge >= 0.3 is 6.98 Å². The number of halogens is 3. The number of hydrogen-bond donors (Lipinski definition) is 0. The van der Waals surface area contributed by atoms with Crippen molar-refractivity contribution in [3.8, 4) is 11.4 Å². The fourth-order valence-electron chi connectivity index (χ4n) is 1.24. The molecular weight excluding hydrogens is 216 g/mol. The minimum atomic E-state index is -5.02.